The maximum atomic E-state index is 14.4. The number of aliphatic hydroxyl groups is 5. The van der Waals surface area contributed by atoms with Gasteiger partial charge in [0.15, 0.2) is 12.6 Å². The summed E-state index contributed by atoms with van der Waals surface area (Å²) in [5, 5.41) is 58.4. The van der Waals surface area contributed by atoms with Crippen LogP contribution in [0.1, 0.15) is 101 Å². The maximum absolute atomic E-state index is 14.4. The van der Waals surface area contributed by atoms with E-state index in [9.17, 15) is 35.1 Å². The molecule has 0 aromatic heterocycles. The van der Waals surface area contributed by atoms with E-state index in [2.05, 4.69) is 0 Å². The fourth-order valence-corrected chi connectivity index (χ4v) is 9.19. The third-order valence-electron chi connectivity index (χ3n) is 12.9. The van der Waals surface area contributed by atoms with E-state index in [1.165, 1.54) is 27.9 Å². The molecule has 0 bridgehead atoms. The van der Waals surface area contributed by atoms with Gasteiger partial charge in [0, 0.05) is 37.3 Å². The highest BCUT2D eigenvalue weighted by molar-refractivity contribution is 5.83. The number of carbonyl (C=O) groups is 2. The molecule has 1 aliphatic carbocycles. The molecule has 4 aliphatic rings. The lowest BCUT2D eigenvalue weighted by atomic mass is 9.69. The number of likely N-dealkylation sites (N-methyl/N-ethyl adjacent to an activating group) is 1. The molecule has 0 amide bonds. The molecule has 1 unspecified atom stereocenters. The van der Waals surface area contributed by atoms with Crippen LogP contribution in [0.4, 0.5) is 0 Å². The van der Waals surface area contributed by atoms with E-state index < -0.39 is 108 Å². The summed E-state index contributed by atoms with van der Waals surface area (Å²) in [6, 6.07) is -0.321. The summed E-state index contributed by atoms with van der Waals surface area (Å²) in [5.41, 5.74) is -4.81. The Balaban J connectivity index is 1.83. The van der Waals surface area contributed by atoms with Crippen molar-refractivity contribution in [1.82, 2.24) is 4.90 Å². The van der Waals surface area contributed by atoms with Crippen molar-refractivity contribution in [1.29, 1.82) is 0 Å². The maximum Gasteiger partial charge on any atom is 0.311 e. The first-order chi connectivity index (χ1) is 24.5. The minimum absolute atomic E-state index is 0.101. The van der Waals surface area contributed by atoms with Crippen molar-refractivity contribution in [2.45, 2.75) is 185 Å². The molecule has 18 atom stereocenters. The number of hydrogen-bond acceptors (Lipinski definition) is 14. The number of ketones is 1. The smallest absolute Gasteiger partial charge is 0.311 e. The van der Waals surface area contributed by atoms with Gasteiger partial charge >= 0.3 is 5.97 Å². The lowest BCUT2D eigenvalue weighted by Gasteiger charge is -2.49. The van der Waals surface area contributed by atoms with Crippen molar-refractivity contribution in [3.63, 3.8) is 0 Å². The predicted octanol–water partition coefficient (Wildman–Crippen LogP) is 2.18. The Morgan fingerprint density at radius 1 is 0.849 bits per heavy atom. The molecule has 5 N–H and O–H groups in total. The number of rotatable bonds is 7. The number of esters is 1. The van der Waals surface area contributed by atoms with Crippen LogP contribution in [0.15, 0.2) is 0 Å². The van der Waals surface area contributed by atoms with Gasteiger partial charge in [-0.25, -0.2) is 0 Å². The molecular weight excluding hydrogens is 690 g/mol. The molecule has 14 nitrogen and oxygen atoms in total. The quantitative estimate of drug-likeness (QED) is 0.237. The average molecular weight is 760 g/mol. The highest BCUT2D eigenvalue weighted by Gasteiger charge is 2.55. The van der Waals surface area contributed by atoms with Gasteiger partial charge in [-0.1, -0.05) is 27.2 Å². The minimum Gasteiger partial charge on any atom is -0.459 e. The number of methoxy groups -OCH3 is 1. The van der Waals surface area contributed by atoms with Gasteiger partial charge in [0.05, 0.1) is 47.6 Å². The zero-order chi connectivity index (χ0) is 40.0. The molecule has 3 aliphatic heterocycles. The molecular formula is C39H69NO13. The average Bonchev–Trinajstić information content (AvgIpc) is 3.05. The van der Waals surface area contributed by atoms with E-state index in [4.69, 9.17) is 28.4 Å². The zero-order valence-electron chi connectivity index (χ0n) is 33.9. The van der Waals surface area contributed by atoms with Crippen molar-refractivity contribution in [2.24, 2.45) is 29.6 Å². The molecule has 308 valence electrons. The molecule has 3 saturated heterocycles. The predicted molar refractivity (Wildman–Crippen MR) is 193 cm³/mol. The summed E-state index contributed by atoms with van der Waals surface area (Å²) in [6.07, 6.45) is -7.49. The second kappa shape index (κ2) is 17.1. The number of Topliss-reactive ketones (excluding diaryl/α,β-unsaturated/α-hetero) is 1. The van der Waals surface area contributed by atoms with Crippen LogP contribution < -0.4 is 0 Å². The molecule has 4 fully saturated rings. The van der Waals surface area contributed by atoms with Crippen LogP contribution >= 0.6 is 0 Å². The van der Waals surface area contributed by atoms with Crippen LogP contribution in [0.2, 0.25) is 0 Å². The molecule has 14 heteroatoms. The topological polar surface area (TPSA) is 194 Å². The molecule has 0 aromatic rings. The van der Waals surface area contributed by atoms with Gasteiger partial charge < -0.3 is 58.9 Å². The SMILES string of the molecule is CO[C@]1(C)C[C@H](OC2[C@@H](C)C(=O)O[C@H](C3CCC3)[C@@](C)(O)[C@H](O)[C@@H](C)C(=O)[C@H](C)C[C@@](C)(O)[C@H](O[C@@H]3O[C@H](C)C[C@H](N(C)C)[C@H]3O)[C@H]2C)O[C@@H](C)[C@@H]1O. The van der Waals surface area contributed by atoms with Gasteiger partial charge in [-0.3, -0.25) is 9.59 Å². The molecule has 53 heavy (non-hydrogen) atoms. The largest absolute Gasteiger partial charge is 0.459 e. The van der Waals surface area contributed by atoms with E-state index in [1.807, 2.05) is 25.9 Å². The Morgan fingerprint density at radius 3 is 2.02 bits per heavy atom. The fraction of sp³-hybridized carbons (Fsp3) is 0.949. The normalized spacial score (nSPS) is 50.0. The summed E-state index contributed by atoms with van der Waals surface area (Å²) in [7, 11) is 5.20. The van der Waals surface area contributed by atoms with Crippen LogP contribution in [-0.4, -0.2) is 148 Å². The summed E-state index contributed by atoms with van der Waals surface area (Å²) in [6.45, 7) is 14.8. The van der Waals surface area contributed by atoms with E-state index in [0.29, 0.717) is 19.3 Å². The van der Waals surface area contributed by atoms with Crippen LogP contribution in [0.25, 0.3) is 0 Å². The van der Waals surface area contributed by atoms with Crippen molar-refractivity contribution in [3.05, 3.63) is 0 Å². The second-order valence-electron chi connectivity index (χ2n) is 17.7. The summed E-state index contributed by atoms with van der Waals surface area (Å²) in [5.74, 6) is -5.11. The standard InChI is InChI=1S/C39H69NO13/c1-19-17-37(7,46)33(53-36-29(42)26(40(10)11)16-20(2)49-36)22(4)30(51-27-18-38(8,48-12)32(44)24(6)50-27)23(5)35(45)52-34(25-14-13-15-25)39(9,47)31(43)21(3)28(19)41/h19-27,29-34,36,42-44,46-47H,13-18H2,1-12H3/t19-,20-,21+,22+,23-,24+,26+,27+,29-,30?,31-,32+,33-,34-,36+,37-,38-,39+/m1/s1. The van der Waals surface area contributed by atoms with Crippen molar-refractivity contribution in [2.75, 3.05) is 21.2 Å². The number of nitrogens with zero attached hydrogens (tertiary/aromatic N) is 1. The van der Waals surface area contributed by atoms with Gasteiger partial charge in [-0.2, -0.15) is 0 Å². The minimum atomic E-state index is -1.97. The van der Waals surface area contributed by atoms with Crippen LogP contribution in [0, 0.1) is 29.6 Å². The zero-order valence-corrected chi connectivity index (χ0v) is 33.9. The number of carbonyl (C=O) groups excluding carboxylic acids is 2. The highest BCUT2D eigenvalue weighted by atomic mass is 16.7. The lowest BCUT2D eigenvalue weighted by molar-refractivity contribution is -0.318. The molecule has 4 rings (SSSR count). The summed E-state index contributed by atoms with van der Waals surface area (Å²) >= 11 is 0. The van der Waals surface area contributed by atoms with E-state index in [-0.39, 0.29) is 30.9 Å². The molecule has 0 aromatic carbocycles. The van der Waals surface area contributed by atoms with Crippen molar-refractivity contribution >= 4 is 11.8 Å². The molecule has 0 radical (unpaired) electrons. The Bertz CT molecular complexity index is 1240. The second-order valence-corrected chi connectivity index (χ2v) is 17.7. The first-order valence-electron chi connectivity index (χ1n) is 19.5. The number of cyclic esters (lactones) is 1. The Morgan fingerprint density at radius 2 is 1.47 bits per heavy atom. The Hall–Kier alpha value is -1.30. The fourth-order valence-electron chi connectivity index (χ4n) is 9.19. The van der Waals surface area contributed by atoms with Crippen LogP contribution in [0.3, 0.4) is 0 Å². The number of ether oxygens (including phenoxy) is 6. The molecule has 3 heterocycles. The number of hydrogen-bond donors (Lipinski definition) is 5. The van der Waals surface area contributed by atoms with Gasteiger partial charge in [-0.05, 0) is 87.2 Å². The van der Waals surface area contributed by atoms with E-state index >= 15 is 0 Å². The molecule has 0 spiro atoms. The van der Waals surface area contributed by atoms with Gasteiger partial charge in [0.2, 0.25) is 0 Å². The van der Waals surface area contributed by atoms with Gasteiger partial charge in [-0.15, -0.1) is 0 Å². The lowest BCUT2D eigenvalue weighted by Crippen LogP contribution is -2.62. The van der Waals surface area contributed by atoms with Crippen molar-refractivity contribution in [3.8, 4) is 0 Å². The van der Waals surface area contributed by atoms with E-state index in [1.54, 1.807) is 34.6 Å². The van der Waals surface area contributed by atoms with E-state index in [0.717, 1.165) is 6.42 Å². The third kappa shape index (κ3) is 9.30. The monoisotopic (exact) mass is 759 g/mol. The van der Waals surface area contributed by atoms with Gasteiger partial charge in [0.25, 0.3) is 0 Å². The summed E-state index contributed by atoms with van der Waals surface area (Å²) in [4.78, 5) is 30.2. The van der Waals surface area contributed by atoms with Gasteiger partial charge in [0.1, 0.15) is 29.7 Å². The number of aliphatic hydroxyl groups excluding tert-OH is 3. The first-order valence-corrected chi connectivity index (χ1v) is 19.5. The molecule has 1 saturated carbocycles. The Kier molecular flexibility index (Phi) is 14.3. The Labute approximate surface area is 315 Å². The van der Waals surface area contributed by atoms with Crippen LogP contribution in [0.5, 0.6) is 0 Å². The third-order valence-corrected chi connectivity index (χ3v) is 12.9. The summed E-state index contributed by atoms with van der Waals surface area (Å²) < 4.78 is 37.5. The van der Waals surface area contributed by atoms with Crippen LogP contribution in [-0.2, 0) is 38.0 Å². The first kappa shape index (κ1) is 44.4. The van der Waals surface area contributed by atoms with Crippen molar-refractivity contribution < 1.29 is 63.5 Å². The highest BCUT2D eigenvalue weighted by Crippen LogP contribution is 2.43.